The van der Waals surface area contributed by atoms with Gasteiger partial charge in [-0.3, -0.25) is 0 Å². The van der Waals surface area contributed by atoms with Gasteiger partial charge in [-0.1, -0.05) is 107 Å². The lowest BCUT2D eigenvalue weighted by Crippen LogP contribution is -2.42. The molecule has 8 atom stereocenters. The van der Waals surface area contributed by atoms with Crippen molar-refractivity contribution in [2.75, 3.05) is 0 Å². The van der Waals surface area contributed by atoms with Crippen LogP contribution in [-0.4, -0.2) is 15.0 Å². The Bertz CT molecular complexity index is 2670. The second-order valence-corrected chi connectivity index (χ2v) is 20.6. The molecular weight excluding hydrogens is 745 g/mol. The molecular formula is C56H56N4O. The molecule has 4 bridgehead atoms. The van der Waals surface area contributed by atoms with E-state index in [1.165, 1.54) is 75.3 Å². The van der Waals surface area contributed by atoms with Gasteiger partial charge in [0.1, 0.15) is 11.2 Å². The van der Waals surface area contributed by atoms with E-state index in [9.17, 15) is 5.26 Å². The van der Waals surface area contributed by atoms with Crippen molar-refractivity contribution in [2.45, 2.75) is 103 Å². The van der Waals surface area contributed by atoms with Crippen molar-refractivity contribution in [2.24, 2.45) is 35.5 Å². The predicted octanol–water partition coefficient (Wildman–Crippen LogP) is 14.5. The molecule has 5 aromatic carbocycles. The maximum absolute atomic E-state index is 9.40. The highest BCUT2D eigenvalue weighted by molar-refractivity contribution is 6.06. The van der Waals surface area contributed by atoms with Crippen molar-refractivity contribution in [1.82, 2.24) is 15.0 Å². The molecule has 0 spiro atoms. The lowest BCUT2D eigenvalue weighted by molar-refractivity contribution is 0.0779. The maximum atomic E-state index is 9.40. The van der Waals surface area contributed by atoms with Gasteiger partial charge in [0, 0.05) is 27.5 Å². The quantitative estimate of drug-likeness (QED) is 0.167. The van der Waals surface area contributed by atoms with Crippen molar-refractivity contribution >= 4 is 21.9 Å². The third kappa shape index (κ3) is 6.97. The number of rotatable bonds is 6. The molecule has 4 saturated carbocycles. The van der Waals surface area contributed by atoms with Crippen LogP contribution in [0.2, 0.25) is 0 Å². The normalized spacial score (nSPS) is 28.4. The number of aromatic nitrogens is 3. The number of benzene rings is 5. The largest absolute Gasteiger partial charge is 0.456 e. The van der Waals surface area contributed by atoms with Crippen molar-refractivity contribution < 1.29 is 4.42 Å². The summed E-state index contributed by atoms with van der Waals surface area (Å²) < 4.78 is 6.22. The van der Waals surface area contributed by atoms with Gasteiger partial charge in [0.2, 0.25) is 0 Å². The van der Waals surface area contributed by atoms with Crippen molar-refractivity contribution in [3.63, 3.8) is 0 Å². The third-order valence-corrected chi connectivity index (χ3v) is 15.5. The molecule has 61 heavy (non-hydrogen) atoms. The molecule has 0 radical (unpaired) electrons. The molecule has 4 aliphatic rings. The highest BCUT2D eigenvalue weighted by Gasteiger charge is 2.46. The second-order valence-electron chi connectivity index (χ2n) is 20.6. The zero-order chi connectivity index (χ0) is 41.5. The van der Waals surface area contributed by atoms with Crippen molar-refractivity contribution in [3.8, 4) is 51.4 Å². The van der Waals surface area contributed by atoms with E-state index in [0.717, 1.165) is 85.3 Å². The van der Waals surface area contributed by atoms with Crippen LogP contribution in [0.3, 0.4) is 0 Å². The highest BCUT2D eigenvalue weighted by Crippen LogP contribution is 2.55. The first kappa shape index (κ1) is 38.3. The highest BCUT2D eigenvalue weighted by atomic mass is 16.3. The molecule has 5 nitrogen and oxygen atoms in total. The number of nitrogens with zero attached hydrogens (tertiary/aromatic N) is 4. The van der Waals surface area contributed by atoms with Crippen LogP contribution in [0.4, 0.5) is 0 Å². The Labute approximate surface area is 360 Å². The van der Waals surface area contributed by atoms with Gasteiger partial charge in [-0.15, -0.1) is 0 Å². The van der Waals surface area contributed by atoms with Crippen LogP contribution in [0.1, 0.15) is 109 Å². The van der Waals surface area contributed by atoms with E-state index < -0.39 is 0 Å². The molecule has 7 aromatic rings. The fraction of sp³-hybridized carbons (Fsp3) is 0.393. The topological polar surface area (TPSA) is 75.6 Å². The third-order valence-electron chi connectivity index (χ3n) is 15.5. The minimum absolute atomic E-state index is 0.277. The molecule has 306 valence electrons. The van der Waals surface area contributed by atoms with Crippen LogP contribution in [0.25, 0.3) is 67.2 Å². The average molecular weight is 801 g/mol. The first-order valence-electron chi connectivity index (χ1n) is 23.1. The van der Waals surface area contributed by atoms with Crippen molar-refractivity contribution in [3.05, 3.63) is 126 Å². The van der Waals surface area contributed by atoms with Crippen LogP contribution in [0.5, 0.6) is 0 Å². The summed E-state index contributed by atoms with van der Waals surface area (Å²) in [5.74, 6) is 6.87. The summed E-state index contributed by atoms with van der Waals surface area (Å²) in [5, 5.41) is 11.5. The van der Waals surface area contributed by atoms with E-state index in [4.69, 9.17) is 19.4 Å². The van der Waals surface area contributed by atoms with Gasteiger partial charge >= 0.3 is 0 Å². The molecule has 2 aromatic heterocycles. The second kappa shape index (κ2) is 14.8. The fourth-order valence-corrected chi connectivity index (χ4v) is 13.7. The SMILES string of the molecule is C[C@@H]1C[C@@H]2C[C@H](C)CC(c3ccc(-c4nc(-c5ccc(-c6ccc7c(c6)oc6cc(C#N)ccc67)cc5)nc(-c5ccc(C67C[C@H](C)C[C@H](C[C@H](C)C6)C7)cc5)n4)cc3)(C1)C2. The summed E-state index contributed by atoms with van der Waals surface area (Å²) in [6, 6.07) is 41.4. The van der Waals surface area contributed by atoms with Crippen LogP contribution in [0.15, 0.2) is 114 Å². The van der Waals surface area contributed by atoms with Gasteiger partial charge in [-0.25, -0.2) is 15.0 Å². The Balaban J connectivity index is 0.950. The standard InChI is InChI=1S/C56H56N4O/c1-34-21-39-22-35(2)28-55(27-34,31-39)46-15-10-43(11-16-46)53-58-52(59-54(60-53)44-12-17-47(18-13-44)56-29-36(3)23-40(32-56)24-37(4)30-56)42-8-6-41(7-9-42)45-14-20-49-48-19-5-38(33-57)25-50(48)61-51(49)26-45/h5-20,25-26,34-37,39-40H,21-24,27-32H2,1-4H3/t34-,35+,36-,37+,39-,40-,55?,56?. The summed E-state index contributed by atoms with van der Waals surface area (Å²) in [6.07, 6.45) is 13.3. The minimum atomic E-state index is 0.277. The summed E-state index contributed by atoms with van der Waals surface area (Å²) in [7, 11) is 0. The molecule has 0 saturated heterocycles. The predicted molar refractivity (Wildman–Crippen MR) is 247 cm³/mol. The zero-order valence-electron chi connectivity index (χ0n) is 36.1. The summed E-state index contributed by atoms with van der Waals surface area (Å²) >= 11 is 0. The van der Waals surface area contributed by atoms with E-state index in [1.54, 1.807) is 0 Å². The van der Waals surface area contributed by atoms with Gasteiger partial charge in [0.15, 0.2) is 17.5 Å². The maximum Gasteiger partial charge on any atom is 0.164 e. The molecule has 4 aliphatic carbocycles. The Morgan fingerprint density at radius 2 is 0.836 bits per heavy atom. The molecule has 11 rings (SSSR count). The van der Waals surface area contributed by atoms with Crippen molar-refractivity contribution in [1.29, 1.82) is 5.26 Å². The van der Waals surface area contributed by atoms with Crippen LogP contribution >= 0.6 is 0 Å². The van der Waals surface area contributed by atoms with Gasteiger partial charge in [0.05, 0.1) is 11.6 Å². The van der Waals surface area contributed by atoms with E-state index in [0.29, 0.717) is 23.0 Å². The molecule has 2 heterocycles. The van der Waals surface area contributed by atoms with Gasteiger partial charge in [-0.2, -0.15) is 5.26 Å². The van der Waals surface area contributed by atoms with Gasteiger partial charge in [0.25, 0.3) is 0 Å². The Hall–Kier alpha value is -5.60. The number of furan rings is 1. The van der Waals surface area contributed by atoms with E-state index >= 15 is 0 Å². The zero-order valence-corrected chi connectivity index (χ0v) is 36.1. The lowest BCUT2D eigenvalue weighted by Gasteiger charge is -2.50. The molecule has 0 aliphatic heterocycles. The first-order valence-corrected chi connectivity index (χ1v) is 23.1. The number of hydrogen-bond acceptors (Lipinski definition) is 5. The minimum Gasteiger partial charge on any atom is -0.456 e. The van der Waals surface area contributed by atoms with Gasteiger partial charge in [-0.05, 0) is 163 Å². The Morgan fingerprint density at radius 3 is 1.28 bits per heavy atom. The number of fused-ring (bicyclic) bond motifs is 7. The van der Waals surface area contributed by atoms with Crippen LogP contribution < -0.4 is 0 Å². The van der Waals surface area contributed by atoms with E-state index in [2.05, 4.69) is 125 Å². The summed E-state index contributed by atoms with van der Waals surface area (Å²) in [4.78, 5) is 15.6. The molecule has 0 amide bonds. The molecule has 2 unspecified atom stereocenters. The Kier molecular flexibility index (Phi) is 9.30. The first-order chi connectivity index (χ1) is 29.6. The van der Waals surface area contributed by atoms with Crippen LogP contribution in [-0.2, 0) is 10.8 Å². The Morgan fingerprint density at radius 1 is 0.459 bits per heavy atom. The van der Waals surface area contributed by atoms with E-state index in [-0.39, 0.29) is 10.8 Å². The number of hydrogen-bond donors (Lipinski definition) is 0. The smallest absolute Gasteiger partial charge is 0.164 e. The molecule has 0 N–H and O–H groups in total. The molecule has 4 fully saturated rings. The monoisotopic (exact) mass is 800 g/mol. The lowest BCUT2D eigenvalue weighted by atomic mass is 9.54. The summed E-state index contributed by atoms with van der Waals surface area (Å²) in [5.41, 5.74) is 10.8. The molecule has 5 heteroatoms. The summed E-state index contributed by atoms with van der Waals surface area (Å²) in [6.45, 7) is 9.86. The average Bonchev–Trinajstić information content (AvgIpc) is 3.62. The number of nitriles is 1. The van der Waals surface area contributed by atoms with E-state index in [1.807, 2.05) is 18.2 Å². The fourth-order valence-electron chi connectivity index (χ4n) is 13.7. The van der Waals surface area contributed by atoms with Crippen LogP contribution in [0, 0.1) is 46.8 Å². The van der Waals surface area contributed by atoms with Gasteiger partial charge < -0.3 is 4.42 Å².